The molecule has 6 nitrogen and oxygen atoms in total. The zero-order valence-electron chi connectivity index (χ0n) is 14.2. The molecule has 2 N–H and O–H groups in total. The van der Waals surface area contributed by atoms with Crippen molar-refractivity contribution in [3.8, 4) is 0 Å². The first kappa shape index (κ1) is 16.7. The van der Waals surface area contributed by atoms with Gasteiger partial charge in [0.25, 0.3) is 0 Å². The topological polar surface area (TPSA) is 80.0 Å². The first-order valence-corrected chi connectivity index (χ1v) is 8.07. The van der Waals surface area contributed by atoms with Crippen LogP contribution in [-0.2, 0) is 17.8 Å². The van der Waals surface area contributed by atoms with Crippen molar-refractivity contribution in [3.05, 3.63) is 71.4 Å². The van der Waals surface area contributed by atoms with Crippen molar-refractivity contribution < 1.29 is 9.21 Å². The van der Waals surface area contributed by atoms with Crippen LogP contribution in [0.5, 0.6) is 0 Å². The van der Waals surface area contributed by atoms with Crippen molar-refractivity contribution in [1.82, 2.24) is 10.2 Å². The Hall–Kier alpha value is -3.15. The van der Waals surface area contributed by atoms with Crippen LogP contribution in [0.3, 0.4) is 0 Å². The molecule has 0 atom stereocenters. The molecule has 1 amide bonds. The normalized spacial score (nSPS) is 10.5. The third-order valence-electron chi connectivity index (χ3n) is 3.69. The molecule has 3 rings (SSSR count). The fourth-order valence-electron chi connectivity index (χ4n) is 2.47. The lowest BCUT2D eigenvalue weighted by molar-refractivity contribution is -0.114. The van der Waals surface area contributed by atoms with Gasteiger partial charge >= 0.3 is 0 Å². The van der Waals surface area contributed by atoms with E-state index in [-0.39, 0.29) is 5.91 Å². The van der Waals surface area contributed by atoms with Crippen LogP contribution in [-0.4, -0.2) is 16.1 Å². The first-order valence-electron chi connectivity index (χ1n) is 8.07. The maximum atomic E-state index is 11.2. The second-order valence-corrected chi connectivity index (χ2v) is 5.82. The predicted octanol–water partition coefficient (Wildman–Crippen LogP) is 3.54. The minimum atomic E-state index is -0.0998. The molecule has 3 aromatic rings. The van der Waals surface area contributed by atoms with Crippen LogP contribution in [0.1, 0.15) is 29.8 Å². The Bertz CT molecular complexity index is 859. The number of carbonyl (C=O) groups excluding carboxylic acids is 1. The number of carbonyl (C=O) groups is 1. The molecular weight excluding hydrogens is 316 g/mol. The fourth-order valence-corrected chi connectivity index (χ4v) is 2.47. The highest BCUT2D eigenvalue weighted by atomic mass is 16.4. The second-order valence-electron chi connectivity index (χ2n) is 5.82. The Labute approximate surface area is 146 Å². The van der Waals surface area contributed by atoms with Crippen molar-refractivity contribution in [2.45, 2.75) is 26.8 Å². The molecule has 0 saturated heterocycles. The van der Waals surface area contributed by atoms with E-state index in [1.807, 2.05) is 55.5 Å². The zero-order valence-corrected chi connectivity index (χ0v) is 14.2. The van der Waals surface area contributed by atoms with Gasteiger partial charge < -0.3 is 15.1 Å². The van der Waals surface area contributed by atoms with Gasteiger partial charge in [-0.2, -0.15) is 0 Å². The molecule has 25 heavy (non-hydrogen) atoms. The fraction of sp³-hybridized carbons (Fsp3) is 0.211. The van der Waals surface area contributed by atoms with Gasteiger partial charge in [-0.15, -0.1) is 10.2 Å². The third-order valence-corrected chi connectivity index (χ3v) is 3.69. The molecule has 128 valence electrons. The average Bonchev–Trinajstić information content (AvgIpc) is 3.03. The minimum absolute atomic E-state index is 0.0998. The maximum Gasteiger partial charge on any atom is 0.235 e. The van der Waals surface area contributed by atoms with Gasteiger partial charge in [-0.3, -0.25) is 4.79 Å². The Morgan fingerprint density at radius 1 is 1.08 bits per heavy atom. The van der Waals surface area contributed by atoms with Gasteiger partial charge in [0.05, 0.1) is 13.0 Å². The van der Waals surface area contributed by atoms with Gasteiger partial charge in [-0.1, -0.05) is 36.4 Å². The van der Waals surface area contributed by atoms with Gasteiger partial charge in [-0.05, 0) is 30.2 Å². The van der Waals surface area contributed by atoms with Crippen LogP contribution in [0.15, 0.2) is 52.9 Å². The molecule has 0 spiro atoms. The Morgan fingerprint density at radius 3 is 2.60 bits per heavy atom. The molecule has 0 aliphatic carbocycles. The van der Waals surface area contributed by atoms with Crippen LogP contribution in [0.25, 0.3) is 0 Å². The number of benzene rings is 2. The molecule has 0 aliphatic rings. The number of amides is 1. The average molecular weight is 336 g/mol. The molecule has 0 aliphatic heterocycles. The number of nitrogens with one attached hydrogen (secondary N) is 2. The number of hydrogen-bond acceptors (Lipinski definition) is 5. The summed E-state index contributed by atoms with van der Waals surface area (Å²) in [5.41, 5.74) is 3.85. The summed E-state index contributed by atoms with van der Waals surface area (Å²) in [4.78, 5) is 11.2. The smallest absolute Gasteiger partial charge is 0.235 e. The van der Waals surface area contributed by atoms with Gasteiger partial charge in [0, 0.05) is 18.3 Å². The van der Waals surface area contributed by atoms with Crippen molar-refractivity contribution in [3.63, 3.8) is 0 Å². The lowest BCUT2D eigenvalue weighted by Crippen LogP contribution is -2.07. The number of anilines is 2. The van der Waals surface area contributed by atoms with Crippen LogP contribution >= 0.6 is 0 Å². The lowest BCUT2D eigenvalue weighted by Gasteiger charge is -2.10. The van der Waals surface area contributed by atoms with E-state index < -0.39 is 0 Å². The molecule has 1 heterocycles. The van der Waals surface area contributed by atoms with Crippen LogP contribution in [0.4, 0.5) is 11.4 Å². The van der Waals surface area contributed by atoms with Crippen LogP contribution in [0.2, 0.25) is 0 Å². The van der Waals surface area contributed by atoms with E-state index in [1.54, 1.807) is 0 Å². The van der Waals surface area contributed by atoms with Crippen molar-refractivity contribution >= 4 is 17.3 Å². The number of hydrogen-bond donors (Lipinski definition) is 2. The predicted molar refractivity (Wildman–Crippen MR) is 96.4 cm³/mol. The van der Waals surface area contributed by atoms with Gasteiger partial charge in [0.15, 0.2) is 0 Å². The van der Waals surface area contributed by atoms with Crippen LogP contribution < -0.4 is 10.6 Å². The maximum absolute atomic E-state index is 11.2. The van der Waals surface area contributed by atoms with Gasteiger partial charge in [-0.25, -0.2) is 0 Å². The monoisotopic (exact) mass is 336 g/mol. The Kier molecular flexibility index (Phi) is 5.09. The largest absolute Gasteiger partial charge is 0.423 e. The highest BCUT2D eigenvalue weighted by molar-refractivity contribution is 5.89. The van der Waals surface area contributed by atoms with E-state index in [0.717, 1.165) is 22.5 Å². The summed E-state index contributed by atoms with van der Waals surface area (Å²) in [6.45, 7) is 3.90. The van der Waals surface area contributed by atoms with E-state index >= 15 is 0 Å². The highest BCUT2D eigenvalue weighted by Crippen LogP contribution is 2.21. The number of rotatable bonds is 6. The molecule has 0 unspecified atom stereocenters. The lowest BCUT2D eigenvalue weighted by atomic mass is 10.1. The quantitative estimate of drug-likeness (QED) is 0.720. The molecule has 6 heteroatoms. The van der Waals surface area contributed by atoms with Crippen molar-refractivity contribution in [1.29, 1.82) is 0 Å². The molecule has 1 aromatic heterocycles. The van der Waals surface area contributed by atoms with E-state index in [9.17, 15) is 4.79 Å². The van der Waals surface area contributed by atoms with E-state index in [2.05, 4.69) is 20.8 Å². The molecule has 0 saturated carbocycles. The molecule has 2 aromatic carbocycles. The number of nitrogens with zero attached hydrogens (tertiary/aromatic N) is 2. The zero-order chi connectivity index (χ0) is 17.6. The van der Waals surface area contributed by atoms with E-state index in [4.69, 9.17) is 4.42 Å². The summed E-state index contributed by atoms with van der Waals surface area (Å²) in [6, 6.07) is 15.7. The first-order chi connectivity index (χ1) is 12.1. The SMILES string of the molecule is CC(=O)Nc1ccc(C)c(NCc2nnc(Cc3ccccc3)o2)c1. The van der Waals surface area contributed by atoms with E-state index in [1.165, 1.54) is 6.92 Å². The van der Waals surface area contributed by atoms with Crippen molar-refractivity contribution in [2.24, 2.45) is 0 Å². The van der Waals surface area contributed by atoms with Gasteiger partial charge in [0.1, 0.15) is 0 Å². The Balaban J connectivity index is 1.63. The summed E-state index contributed by atoms with van der Waals surface area (Å²) in [5.74, 6) is 1.01. The highest BCUT2D eigenvalue weighted by Gasteiger charge is 2.08. The molecule has 0 fully saturated rings. The van der Waals surface area contributed by atoms with Gasteiger partial charge in [0.2, 0.25) is 17.7 Å². The molecular formula is C19H20N4O2. The third kappa shape index (κ3) is 4.67. The summed E-state index contributed by atoms with van der Waals surface area (Å²) in [5, 5.41) is 14.2. The van der Waals surface area contributed by atoms with E-state index in [0.29, 0.717) is 24.7 Å². The molecule has 0 bridgehead atoms. The summed E-state index contributed by atoms with van der Waals surface area (Å²) >= 11 is 0. The van der Waals surface area contributed by atoms with Crippen molar-refractivity contribution in [2.75, 3.05) is 10.6 Å². The second kappa shape index (κ2) is 7.61. The standard InChI is InChI=1S/C19H20N4O2/c1-13-8-9-16(21-14(2)24)11-17(13)20-12-19-23-22-18(25-19)10-15-6-4-3-5-7-15/h3-9,11,20H,10,12H2,1-2H3,(H,21,24). The minimum Gasteiger partial charge on any atom is -0.423 e. The summed E-state index contributed by atoms with van der Waals surface area (Å²) in [6.07, 6.45) is 0.616. The Morgan fingerprint density at radius 2 is 1.84 bits per heavy atom. The summed E-state index contributed by atoms with van der Waals surface area (Å²) in [7, 11) is 0. The summed E-state index contributed by atoms with van der Waals surface area (Å²) < 4.78 is 5.69. The van der Waals surface area contributed by atoms with Crippen LogP contribution in [0, 0.1) is 6.92 Å². The number of aryl methyl sites for hydroxylation is 1. The number of aromatic nitrogens is 2. The molecule has 0 radical (unpaired) electrons.